The Hall–Kier alpha value is -6.77. The van der Waals surface area contributed by atoms with E-state index in [1.807, 2.05) is 0 Å². The molecule has 0 aliphatic rings. The third-order valence-electron chi connectivity index (χ3n) is 14.2. The summed E-state index contributed by atoms with van der Waals surface area (Å²) in [5.74, 6) is -6.66. The van der Waals surface area contributed by atoms with Gasteiger partial charge in [-0.15, -0.1) is 0 Å². The number of aromatic amines is 1. The van der Waals surface area contributed by atoms with Gasteiger partial charge in [-0.05, 0) is 81.1 Å². The zero-order valence-electron chi connectivity index (χ0n) is 56.1. The van der Waals surface area contributed by atoms with Crippen molar-refractivity contribution in [2.24, 2.45) is 7.05 Å². The van der Waals surface area contributed by atoms with E-state index in [4.69, 9.17) is 24.1 Å². The van der Waals surface area contributed by atoms with Gasteiger partial charge in [0.05, 0.1) is 76.9 Å². The van der Waals surface area contributed by atoms with Gasteiger partial charge in [-0.2, -0.15) is 13.1 Å². The summed E-state index contributed by atoms with van der Waals surface area (Å²) in [5, 5.41) is 68.9. The molecule has 3 amide bonds. The van der Waals surface area contributed by atoms with Gasteiger partial charge in [0.15, 0.2) is 12.5 Å². The number of nitrogens with one attached hydrogen (secondary N) is 7. The van der Waals surface area contributed by atoms with E-state index in [1.165, 1.54) is 62.1 Å². The number of rotatable bonds is 49. The summed E-state index contributed by atoms with van der Waals surface area (Å²) in [4.78, 5) is 109. The van der Waals surface area contributed by atoms with Crippen molar-refractivity contribution >= 4 is 78.4 Å². The molecule has 0 aliphatic carbocycles. The van der Waals surface area contributed by atoms with Crippen LogP contribution in [-0.4, -0.2) is 292 Å². The molecule has 2 heterocycles. The number of sulfonamides is 1. The molecule has 2 aromatic carbocycles. The molecule has 99 heavy (non-hydrogen) atoms. The van der Waals surface area contributed by atoms with Gasteiger partial charge in [-0.1, -0.05) is 12.1 Å². The Kier molecular flexibility index (Phi) is 42.5. The predicted molar refractivity (Wildman–Crippen MR) is 355 cm³/mol. The molecule has 4 aromatic rings. The molecule has 0 bridgehead atoms. The Morgan fingerprint density at radius 2 is 1.44 bits per heavy atom. The number of carbonyl (C=O) groups excluding carboxylic acids is 4. The summed E-state index contributed by atoms with van der Waals surface area (Å²) in [5.41, 5.74) is 1.14. The molecule has 2 unspecified atom stereocenters. The molecule has 2 aromatic heterocycles. The number of H-pyrrole nitrogens is 1. The summed E-state index contributed by atoms with van der Waals surface area (Å²) < 4.78 is 86.9. The number of nitrogens with zero attached hydrogens (tertiary/aromatic N) is 5. The second-order valence-corrected chi connectivity index (χ2v) is 25.7. The van der Waals surface area contributed by atoms with Crippen LogP contribution in [-0.2, 0) is 76.7 Å². The SMILES string of the molecule is CO.Cc1cc(OCCCC(=O)NCCCOCCOCCOCCCNC(=O)[C@H](CS(=O)(=O)O)N/C(=C/CN(CO)CC[N+](C)(CC(=O)O)CC(=O)CO)CN(C)CC(=O)O)cc(C)c1S(=O)(=O)NC(CNC(=O)c1cn(C)c2cc(CNc3ncc[nH]3)ccc2c1=O)C(=O)O.O.[Gd+2]. The van der Waals surface area contributed by atoms with Gasteiger partial charge in [0.1, 0.15) is 42.3 Å². The topological polar surface area (TPSA) is 527 Å². The first-order chi connectivity index (χ1) is 45.9. The monoisotopic (exact) mass is 1590 g/mol. The summed E-state index contributed by atoms with van der Waals surface area (Å²) >= 11 is 0. The van der Waals surface area contributed by atoms with E-state index in [0.29, 0.717) is 56.2 Å². The van der Waals surface area contributed by atoms with Crippen molar-refractivity contribution in [1.29, 1.82) is 0 Å². The van der Waals surface area contributed by atoms with Crippen LogP contribution in [0.3, 0.4) is 0 Å². The van der Waals surface area contributed by atoms with Gasteiger partial charge in [0.25, 0.3) is 16.0 Å². The second kappa shape index (κ2) is 46.6. The third-order valence-corrected chi connectivity index (χ3v) is 16.8. The molecule has 0 saturated heterocycles. The number of pyridine rings is 1. The number of ketones is 1. The van der Waals surface area contributed by atoms with Crippen LogP contribution in [0.4, 0.5) is 5.95 Å². The Morgan fingerprint density at radius 1 is 0.818 bits per heavy atom. The van der Waals surface area contributed by atoms with Crippen LogP contribution >= 0.6 is 0 Å². The normalized spacial score (nSPS) is 12.8. The predicted octanol–water partition coefficient (Wildman–Crippen LogP) is -3.25. The molecule has 0 spiro atoms. The van der Waals surface area contributed by atoms with Crippen molar-refractivity contribution in [2.45, 2.75) is 63.1 Å². The van der Waals surface area contributed by atoms with Gasteiger partial charge in [-0.25, -0.2) is 18.2 Å². The van der Waals surface area contributed by atoms with Crippen molar-refractivity contribution in [2.75, 3.05) is 157 Å². The number of Topliss-reactive ketones (excluding diaryl/α,β-unsaturated/α-hetero) is 1. The number of fused-ring (bicyclic) bond motifs is 1. The van der Waals surface area contributed by atoms with Crippen LogP contribution in [0.2, 0.25) is 0 Å². The molecular formula is C60H95GdN12O24S2+3. The minimum atomic E-state index is -4.74. The fourth-order valence-electron chi connectivity index (χ4n) is 9.67. The number of ether oxygens (including phenoxy) is 4. The standard InChI is InChI=1S/C59H88N12O22S2.CH4O.Gd.H2O/c1-40-27-45(28-41(2)55(40)95(88,89)67-48(58(83)84)31-64-56(81)47-33-69(4)50-29-42(10-11-46(50)54(47)80)30-65-59-62-15-16-63-59)93-22-6-9-51(75)60-13-7-20-90-23-25-92-26-24-91-21-8-14-61-57(82)49(38-94(85,86)87)66-43(32-68(3)34-52(76)77)12-17-70(39-73)18-19-71(5,36-53(78)79)35-44(74)37-72;1-2;;/h10-12,15-16,27-29,33,48-49,66-67,72-73H,6-9,13-14,17-26,30-32,34-39H2,1-5H3,(H8-,60,61,62,63,64,65,75,76,77,78,79,81,82,83,84,85,86,87);2H,1H3;;1H2/q;;+2;/p+1/b43-12+;;;/t48?,49-,71?;;;/m0.../s1. The fourth-order valence-corrected chi connectivity index (χ4v) is 12.0. The second-order valence-electron chi connectivity index (χ2n) is 22.6. The minimum absolute atomic E-state index is 0. The summed E-state index contributed by atoms with van der Waals surface area (Å²) in [6.07, 6.45) is 7.33. The Morgan fingerprint density at radius 3 is 2.01 bits per heavy atom. The number of hydrogen-bond donors (Lipinski definition) is 14. The van der Waals surface area contributed by atoms with E-state index < -0.39 is 112 Å². The number of imidazole rings is 1. The molecule has 36 nitrogen and oxygen atoms in total. The van der Waals surface area contributed by atoms with E-state index in [0.717, 1.165) is 12.7 Å². The van der Waals surface area contributed by atoms with Crippen molar-refractivity contribution in [3.8, 4) is 5.75 Å². The zero-order valence-corrected chi connectivity index (χ0v) is 60.0. The van der Waals surface area contributed by atoms with Crippen LogP contribution in [0.1, 0.15) is 52.7 Å². The minimum Gasteiger partial charge on any atom is -0.494 e. The molecule has 16 N–H and O–H groups in total. The Bertz CT molecular complexity index is 3530. The van der Waals surface area contributed by atoms with Crippen LogP contribution < -0.4 is 41.5 Å². The third kappa shape index (κ3) is 34.4. The Balaban J connectivity index is 0.0000121. The smallest absolute Gasteiger partial charge is 0.494 e. The summed E-state index contributed by atoms with van der Waals surface area (Å²) in [6.45, 7) is 2.01. The van der Waals surface area contributed by atoms with Crippen LogP contribution in [0.5, 0.6) is 5.75 Å². The number of anilines is 1. The van der Waals surface area contributed by atoms with Gasteiger partial charge in [0, 0.05) is 103 Å². The number of benzene rings is 2. The molecule has 0 saturated carbocycles. The molecular weight excluding hydrogens is 1490 g/mol. The van der Waals surface area contributed by atoms with Crippen LogP contribution in [0.15, 0.2) is 70.4 Å². The van der Waals surface area contributed by atoms with Gasteiger partial charge >= 0.3 is 57.8 Å². The first kappa shape index (κ1) is 90.2. The first-order valence-corrected chi connectivity index (χ1v) is 33.7. The number of aliphatic hydroxyl groups is 3. The molecule has 3 atom stereocenters. The van der Waals surface area contributed by atoms with E-state index in [1.54, 1.807) is 42.2 Å². The molecule has 39 heteroatoms. The fraction of sp³-hybridized carbons (Fsp3) is 0.550. The number of amides is 3. The quantitative estimate of drug-likeness (QED) is 0.00894. The number of carboxylic acid groups (broad SMARTS) is 3. The molecule has 0 radical (unpaired) electrons. The van der Waals surface area contributed by atoms with Gasteiger partial charge < -0.3 is 95.7 Å². The maximum atomic E-state index is 13.6. The van der Waals surface area contributed by atoms with Crippen molar-refractivity contribution in [3.05, 3.63) is 93.2 Å². The number of carbonyl (C=O) groups is 7. The van der Waals surface area contributed by atoms with E-state index in [2.05, 4.69) is 41.3 Å². The maximum absolute atomic E-state index is 13.6. The molecule has 4 rings (SSSR count). The van der Waals surface area contributed by atoms with Gasteiger partial charge in [0.2, 0.25) is 33.0 Å². The number of likely N-dealkylation sites (N-methyl/N-ethyl adjacent to an activating group) is 2. The van der Waals surface area contributed by atoms with E-state index in [9.17, 15) is 85.3 Å². The summed E-state index contributed by atoms with van der Waals surface area (Å²) in [7, 11) is -3.63. The molecule has 556 valence electrons. The largest absolute Gasteiger partial charge is 2.00 e. The van der Waals surface area contributed by atoms with Crippen LogP contribution in [0.25, 0.3) is 10.9 Å². The number of aromatic nitrogens is 3. The molecule has 0 fully saturated rings. The van der Waals surface area contributed by atoms with Crippen molar-refractivity contribution in [1.82, 2.24) is 50.3 Å². The van der Waals surface area contributed by atoms with E-state index >= 15 is 0 Å². The number of aryl methyl sites for hydroxylation is 3. The van der Waals surface area contributed by atoms with E-state index in [-0.39, 0.29) is 174 Å². The zero-order chi connectivity index (χ0) is 72.3. The Labute approximate surface area is 605 Å². The number of hydrogen-bond acceptors (Lipinski definition) is 24. The number of aliphatic carboxylic acids is 3. The number of quaternary nitrogens is 1. The molecule has 0 aliphatic heterocycles. The average molecular weight is 1590 g/mol. The first-order valence-electron chi connectivity index (χ1n) is 30.6. The van der Waals surface area contributed by atoms with Crippen LogP contribution in [0, 0.1) is 53.8 Å². The van der Waals surface area contributed by atoms with Crippen molar-refractivity contribution < 1.29 is 154 Å². The number of aliphatic hydroxyl groups excluding tert-OH is 3. The van der Waals surface area contributed by atoms with Crippen molar-refractivity contribution in [3.63, 3.8) is 0 Å². The average Bonchev–Trinajstić information content (AvgIpc) is 0.926. The maximum Gasteiger partial charge on any atom is 2.00 e. The van der Waals surface area contributed by atoms with Gasteiger partial charge in [-0.3, -0.25) is 47.9 Å². The number of carboxylic acids is 3. The summed E-state index contributed by atoms with van der Waals surface area (Å²) in [6, 6.07) is 4.65.